The zero-order valence-corrected chi connectivity index (χ0v) is 17.5. The Kier molecular flexibility index (Phi) is 6.41. The number of hydrogen-bond acceptors (Lipinski definition) is 5. The van der Waals surface area contributed by atoms with Crippen LogP contribution in [0.2, 0.25) is 0 Å². The van der Waals surface area contributed by atoms with Crippen molar-refractivity contribution in [2.45, 2.75) is 37.3 Å². The third kappa shape index (κ3) is 4.45. The number of nitrogens with one attached hydrogen (secondary N) is 2. The third-order valence-electron chi connectivity index (χ3n) is 6.27. The summed E-state index contributed by atoms with van der Waals surface area (Å²) in [4.78, 5) is 35.7. The molecule has 2 amide bonds. The molecule has 0 heterocycles. The fraction of sp³-hybridized carbons (Fsp3) is 0.375. The second-order valence-corrected chi connectivity index (χ2v) is 8.26. The number of aliphatic hydroxyl groups is 1. The van der Waals surface area contributed by atoms with Crippen molar-refractivity contribution in [3.8, 4) is 11.1 Å². The molecule has 8 heteroatoms. The van der Waals surface area contributed by atoms with E-state index in [2.05, 4.69) is 34.9 Å². The summed E-state index contributed by atoms with van der Waals surface area (Å²) in [7, 11) is 0. The van der Waals surface area contributed by atoms with Crippen LogP contribution in [0.25, 0.3) is 11.1 Å². The van der Waals surface area contributed by atoms with Gasteiger partial charge in [0, 0.05) is 17.9 Å². The molecule has 2 aliphatic rings. The maximum absolute atomic E-state index is 12.4. The second kappa shape index (κ2) is 9.40. The molecule has 8 nitrogen and oxygen atoms in total. The van der Waals surface area contributed by atoms with Crippen molar-refractivity contribution in [2.24, 2.45) is 5.92 Å². The molecular weight excluding hydrogens is 412 g/mol. The number of ether oxygens (including phenoxy) is 1. The number of carboxylic acid groups (broad SMARTS) is 1. The molecule has 2 aromatic rings. The lowest BCUT2D eigenvalue weighted by Crippen LogP contribution is -2.45. The van der Waals surface area contributed by atoms with E-state index in [9.17, 15) is 14.4 Å². The van der Waals surface area contributed by atoms with Gasteiger partial charge in [0.25, 0.3) is 0 Å². The minimum atomic E-state index is -1.32. The predicted octanol–water partition coefficient (Wildman–Crippen LogP) is 2.26. The smallest absolute Gasteiger partial charge is 0.407 e. The van der Waals surface area contributed by atoms with Crippen LogP contribution < -0.4 is 10.6 Å². The standard InChI is InChI=1S/C24H26N2O6/c27-12-21(23(29)30)26-22(28)14-9-10-15(11-14)25-24(31)32-13-20-18-7-3-1-5-16(18)17-6-2-4-8-19(17)20/h1-8,14-15,20-21,27H,9-13H2,(H,25,31)(H,26,28)(H,29,30). The molecule has 2 aromatic carbocycles. The number of hydrogen-bond donors (Lipinski definition) is 4. The summed E-state index contributed by atoms with van der Waals surface area (Å²) < 4.78 is 5.55. The van der Waals surface area contributed by atoms with Crippen LogP contribution in [0.4, 0.5) is 4.79 Å². The highest BCUT2D eigenvalue weighted by atomic mass is 16.5. The lowest BCUT2D eigenvalue weighted by molar-refractivity contribution is -0.143. The molecule has 2 aliphatic carbocycles. The minimum absolute atomic E-state index is 0.0262. The highest BCUT2D eigenvalue weighted by Crippen LogP contribution is 2.44. The Balaban J connectivity index is 1.30. The van der Waals surface area contributed by atoms with Gasteiger partial charge in [-0.15, -0.1) is 0 Å². The number of aliphatic hydroxyl groups excluding tert-OH is 1. The van der Waals surface area contributed by atoms with Crippen LogP contribution in [0.15, 0.2) is 48.5 Å². The van der Waals surface area contributed by atoms with Crippen molar-refractivity contribution in [1.82, 2.24) is 10.6 Å². The molecule has 4 rings (SSSR count). The van der Waals surface area contributed by atoms with Gasteiger partial charge in [0.05, 0.1) is 6.61 Å². The number of aliphatic carboxylic acids is 1. The van der Waals surface area contributed by atoms with Crippen molar-refractivity contribution < 1.29 is 29.3 Å². The topological polar surface area (TPSA) is 125 Å². The highest BCUT2D eigenvalue weighted by molar-refractivity contribution is 5.85. The molecule has 3 unspecified atom stereocenters. The molecule has 1 fully saturated rings. The Bertz CT molecular complexity index is 978. The van der Waals surface area contributed by atoms with Gasteiger partial charge < -0.3 is 25.6 Å². The number of benzene rings is 2. The van der Waals surface area contributed by atoms with E-state index in [0.29, 0.717) is 19.3 Å². The first kappa shape index (κ1) is 21.8. The van der Waals surface area contributed by atoms with Gasteiger partial charge in [0.1, 0.15) is 12.6 Å². The van der Waals surface area contributed by atoms with E-state index in [1.807, 2.05) is 24.3 Å². The Hall–Kier alpha value is -3.39. The number of fused-ring (bicyclic) bond motifs is 3. The zero-order chi connectivity index (χ0) is 22.7. The normalized spacial score (nSPS) is 20.2. The quantitative estimate of drug-likeness (QED) is 0.526. The van der Waals surface area contributed by atoms with Crippen molar-refractivity contribution >= 4 is 18.0 Å². The second-order valence-electron chi connectivity index (χ2n) is 8.26. The molecule has 3 atom stereocenters. The number of alkyl carbamates (subject to hydrolysis) is 1. The number of amides is 2. The van der Waals surface area contributed by atoms with Crippen LogP contribution in [0.3, 0.4) is 0 Å². The van der Waals surface area contributed by atoms with Crippen molar-refractivity contribution in [1.29, 1.82) is 0 Å². The first-order valence-electron chi connectivity index (χ1n) is 10.7. The van der Waals surface area contributed by atoms with Crippen LogP contribution in [0.1, 0.15) is 36.3 Å². The van der Waals surface area contributed by atoms with Crippen molar-refractivity contribution in [2.75, 3.05) is 13.2 Å². The molecule has 0 saturated heterocycles. The SMILES string of the molecule is O=C(NC1CCC(C(=O)NC(CO)C(=O)O)C1)OCC1c2ccccc2-c2ccccc21. The summed E-state index contributed by atoms with van der Waals surface area (Å²) in [6.45, 7) is -0.456. The van der Waals surface area contributed by atoms with Crippen molar-refractivity contribution in [3.63, 3.8) is 0 Å². The Morgan fingerprint density at radius 3 is 2.22 bits per heavy atom. The molecular formula is C24H26N2O6. The van der Waals surface area contributed by atoms with Crippen LogP contribution in [-0.4, -0.2) is 53.5 Å². The molecule has 0 aromatic heterocycles. The number of rotatable bonds is 7. The van der Waals surface area contributed by atoms with E-state index in [1.54, 1.807) is 0 Å². The van der Waals surface area contributed by atoms with E-state index in [-0.39, 0.29) is 18.6 Å². The monoisotopic (exact) mass is 438 g/mol. The van der Waals surface area contributed by atoms with E-state index in [4.69, 9.17) is 14.9 Å². The van der Waals surface area contributed by atoms with E-state index >= 15 is 0 Å². The average Bonchev–Trinajstić information content (AvgIpc) is 3.38. The van der Waals surface area contributed by atoms with Gasteiger partial charge in [0.2, 0.25) is 5.91 Å². The van der Waals surface area contributed by atoms with E-state index in [1.165, 1.54) is 0 Å². The van der Waals surface area contributed by atoms with Crippen LogP contribution >= 0.6 is 0 Å². The first-order valence-corrected chi connectivity index (χ1v) is 10.7. The minimum Gasteiger partial charge on any atom is -0.480 e. The summed E-state index contributed by atoms with van der Waals surface area (Å²) in [6.07, 6.45) is 0.988. The van der Waals surface area contributed by atoms with Crippen molar-refractivity contribution in [3.05, 3.63) is 59.7 Å². The van der Waals surface area contributed by atoms with Gasteiger partial charge in [-0.05, 0) is 41.5 Å². The molecule has 1 saturated carbocycles. The summed E-state index contributed by atoms with van der Waals surface area (Å²) in [6, 6.07) is 14.7. The molecule has 32 heavy (non-hydrogen) atoms. The van der Waals surface area contributed by atoms with Gasteiger partial charge >= 0.3 is 12.1 Å². The summed E-state index contributed by atoms with van der Waals surface area (Å²) in [5, 5.41) is 23.2. The molecule has 168 valence electrons. The Morgan fingerprint density at radius 2 is 1.62 bits per heavy atom. The molecule has 4 N–H and O–H groups in total. The largest absolute Gasteiger partial charge is 0.480 e. The number of carbonyl (C=O) groups excluding carboxylic acids is 2. The van der Waals surface area contributed by atoms with Crippen LogP contribution in [-0.2, 0) is 14.3 Å². The van der Waals surface area contributed by atoms with Gasteiger partial charge in [0.15, 0.2) is 0 Å². The molecule has 0 bridgehead atoms. The highest BCUT2D eigenvalue weighted by Gasteiger charge is 2.34. The lowest BCUT2D eigenvalue weighted by Gasteiger charge is -2.17. The summed E-state index contributed by atoms with van der Waals surface area (Å²) in [5.74, 6) is -2.15. The molecule has 0 radical (unpaired) electrons. The fourth-order valence-electron chi connectivity index (χ4n) is 4.63. The lowest BCUT2D eigenvalue weighted by atomic mass is 9.98. The van der Waals surface area contributed by atoms with Crippen LogP contribution in [0.5, 0.6) is 0 Å². The summed E-state index contributed by atoms with van der Waals surface area (Å²) >= 11 is 0. The third-order valence-corrected chi connectivity index (χ3v) is 6.27. The van der Waals surface area contributed by atoms with Gasteiger partial charge in [-0.1, -0.05) is 48.5 Å². The van der Waals surface area contributed by atoms with Gasteiger partial charge in [-0.3, -0.25) is 4.79 Å². The maximum atomic E-state index is 12.4. The van der Waals surface area contributed by atoms with Gasteiger partial charge in [-0.25, -0.2) is 9.59 Å². The average molecular weight is 438 g/mol. The Morgan fingerprint density at radius 1 is 1.00 bits per heavy atom. The molecule has 0 spiro atoms. The maximum Gasteiger partial charge on any atom is 0.407 e. The summed E-state index contributed by atoms with van der Waals surface area (Å²) in [5.41, 5.74) is 4.58. The fourth-order valence-corrected chi connectivity index (χ4v) is 4.63. The molecule has 0 aliphatic heterocycles. The Labute approximate surface area is 185 Å². The van der Waals surface area contributed by atoms with E-state index < -0.39 is 36.5 Å². The van der Waals surface area contributed by atoms with Crippen LogP contribution in [0, 0.1) is 5.92 Å². The zero-order valence-electron chi connectivity index (χ0n) is 17.5. The first-order chi connectivity index (χ1) is 15.5. The predicted molar refractivity (Wildman–Crippen MR) is 116 cm³/mol. The number of carboxylic acids is 1. The van der Waals surface area contributed by atoms with Gasteiger partial charge in [-0.2, -0.15) is 0 Å². The van der Waals surface area contributed by atoms with E-state index in [0.717, 1.165) is 22.3 Å². The number of carbonyl (C=O) groups is 3.